The molecule has 0 unspecified atom stereocenters. The predicted molar refractivity (Wildman–Crippen MR) is 127 cm³/mol. The summed E-state index contributed by atoms with van der Waals surface area (Å²) in [4.78, 5) is 4.18. The van der Waals surface area contributed by atoms with Crippen molar-refractivity contribution < 1.29 is 0 Å². The van der Waals surface area contributed by atoms with Gasteiger partial charge in [0.15, 0.2) is 0 Å². The molecule has 4 aromatic rings. The third-order valence-corrected chi connectivity index (χ3v) is 3.17. The van der Waals surface area contributed by atoms with E-state index in [-0.39, 0.29) is 0 Å². The van der Waals surface area contributed by atoms with E-state index in [2.05, 4.69) is 107 Å². The van der Waals surface area contributed by atoms with Gasteiger partial charge in [-0.3, -0.25) is 4.98 Å². The number of hydrogen-bond donors (Lipinski definition) is 0. The van der Waals surface area contributed by atoms with E-state index in [4.69, 9.17) is 0 Å². The first kappa shape index (κ1) is 23.4. The molecular weight excluding hydrogens is 338 g/mol. The van der Waals surface area contributed by atoms with Crippen LogP contribution in [0.15, 0.2) is 91.1 Å². The van der Waals surface area contributed by atoms with Crippen molar-refractivity contribution in [1.29, 1.82) is 0 Å². The van der Waals surface area contributed by atoms with Gasteiger partial charge in [-0.2, -0.15) is 0 Å². The number of hydrogen-bond acceptors (Lipinski definition) is 1. The first-order valence-electron chi connectivity index (χ1n) is 10.1. The molecule has 148 valence electrons. The third kappa shape index (κ3) is 10.5. The van der Waals surface area contributed by atoms with Crippen molar-refractivity contribution in [2.24, 2.45) is 11.8 Å². The average molecular weight is 374 g/mol. The van der Waals surface area contributed by atoms with E-state index in [0.29, 0.717) is 0 Å². The molecule has 0 aliphatic carbocycles. The zero-order valence-electron chi connectivity index (χ0n) is 18.3. The van der Waals surface area contributed by atoms with Crippen LogP contribution in [0.3, 0.4) is 0 Å². The number of para-hydroxylation sites is 1. The highest BCUT2D eigenvalue weighted by atomic mass is 14.6. The fourth-order valence-electron chi connectivity index (χ4n) is 2.15. The Labute approximate surface area is 171 Å². The van der Waals surface area contributed by atoms with E-state index in [9.17, 15) is 0 Å². The molecule has 28 heavy (non-hydrogen) atoms. The Balaban J connectivity index is 0.000000206. The Kier molecular flexibility index (Phi) is 11.3. The molecule has 0 saturated carbocycles. The van der Waals surface area contributed by atoms with E-state index in [1.165, 1.54) is 16.2 Å². The fourth-order valence-corrected chi connectivity index (χ4v) is 2.15. The summed E-state index contributed by atoms with van der Waals surface area (Å²) in [5, 5.41) is 3.82. The van der Waals surface area contributed by atoms with Crippen LogP contribution < -0.4 is 0 Å². The molecule has 0 saturated heterocycles. The SMILES string of the molecule is CC(C)C.CC(C)C.c1ccc2ccccc2c1.c1ccc2ncccc2c1. The van der Waals surface area contributed by atoms with Crippen molar-refractivity contribution in [1.82, 2.24) is 4.98 Å². The largest absolute Gasteiger partial charge is 0.256 e. The predicted octanol–water partition coefficient (Wildman–Crippen LogP) is 8.40. The van der Waals surface area contributed by atoms with E-state index in [1.54, 1.807) is 0 Å². The summed E-state index contributed by atoms with van der Waals surface area (Å²) in [6.07, 6.45) is 1.81. The van der Waals surface area contributed by atoms with Crippen molar-refractivity contribution in [3.63, 3.8) is 0 Å². The van der Waals surface area contributed by atoms with Crippen LogP contribution >= 0.6 is 0 Å². The zero-order valence-corrected chi connectivity index (χ0v) is 18.3. The highest BCUT2D eigenvalue weighted by Crippen LogP contribution is 2.11. The summed E-state index contributed by atoms with van der Waals surface area (Å²) in [5.74, 6) is 1.67. The van der Waals surface area contributed by atoms with Crippen molar-refractivity contribution in [3.8, 4) is 0 Å². The van der Waals surface area contributed by atoms with Crippen LogP contribution in [0.25, 0.3) is 21.7 Å². The second kappa shape index (κ2) is 13.5. The number of rotatable bonds is 0. The van der Waals surface area contributed by atoms with Gasteiger partial charge in [-0.15, -0.1) is 0 Å². The summed E-state index contributed by atoms with van der Waals surface area (Å²) < 4.78 is 0. The zero-order chi connectivity index (χ0) is 20.8. The summed E-state index contributed by atoms with van der Waals surface area (Å²) >= 11 is 0. The average Bonchev–Trinajstić information content (AvgIpc) is 2.68. The van der Waals surface area contributed by atoms with Gasteiger partial charge in [0, 0.05) is 11.6 Å². The maximum Gasteiger partial charge on any atom is 0.0701 e. The molecule has 1 heteroatoms. The van der Waals surface area contributed by atoms with Crippen molar-refractivity contribution >= 4 is 21.7 Å². The van der Waals surface area contributed by atoms with Crippen molar-refractivity contribution in [2.45, 2.75) is 41.5 Å². The van der Waals surface area contributed by atoms with Gasteiger partial charge in [-0.1, -0.05) is 114 Å². The van der Waals surface area contributed by atoms with Crippen LogP contribution in [-0.2, 0) is 0 Å². The van der Waals surface area contributed by atoms with Gasteiger partial charge in [-0.05, 0) is 34.7 Å². The van der Waals surface area contributed by atoms with Gasteiger partial charge < -0.3 is 0 Å². The van der Waals surface area contributed by atoms with Crippen LogP contribution in [0.4, 0.5) is 0 Å². The molecule has 0 amide bonds. The molecule has 1 aromatic heterocycles. The van der Waals surface area contributed by atoms with E-state index < -0.39 is 0 Å². The Morgan fingerprint density at radius 3 is 1.18 bits per heavy atom. The topological polar surface area (TPSA) is 12.9 Å². The minimum atomic E-state index is 0.833. The van der Waals surface area contributed by atoms with E-state index in [1.807, 2.05) is 30.5 Å². The molecule has 0 atom stereocenters. The lowest BCUT2D eigenvalue weighted by atomic mass is 10.1. The smallest absolute Gasteiger partial charge is 0.0701 e. The first-order chi connectivity index (χ1) is 13.4. The monoisotopic (exact) mass is 373 g/mol. The molecule has 0 N–H and O–H groups in total. The summed E-state index contributed by atoms with van der Waals surface area (Å²) in [7, 11) is 0. The lowest BCUT2D eigenvalue weighted by Crippen LogP contribution is -1.73. The second-order valence-electron chi connectivity index (χ2n) is 8.01. The highest BCUT2D eigenvalue weighted by Gasteiger charge is 1.87. The quantitative estimate of drug-likeness (QED) is 0.301. The molecule has 0 radical (unpaired) electrons. The minimum absolute atomic E-state index is 0.833. The molecule has 3 aromatic carbocycles. The summed E-state index contributed by atoms with van der Waals surface area (Å²) in [6, 6.07) is 28.8. The Bertz CT molecular complexity index is 696. The maximum atomic E-state index is 4.18. The van der Waals surface area contributed by atoms with E-state index >= 15 is 0 Å². The van der Waals surface area contributed by atoms with Gasteiger partial charge in [0.1, 0.15) is 0 Å². The summed E-state index contributed by atoms with van der Waals surface area (Å²) in [6.45, 7) is 13.0. The van der Waals surface area contributed by atoms with Crippen LogP contribution in [0.2, 0.25) is 0 Å². The molecule has 0 aliphatic rings. The maximum absolute atomic E-state index is 4.18. The van der Waals surface area contributed by atoms with Crippen LogP contribution in [-0.4, -0.2) is 4.98 Å². The van der Waals surface area contributed by atoms with Crippen LogP contribution in [0, 0.1) is 11.8 Å². The lowest BCUT2D eigenvalue weighted by Gasteiger charge is -1.92. The van der Waals surface area contributed by atoms with Crippen LogP contribution in [0.5, 0.6) is 0 Å². The lowest BCUT2D eigenvalue weighted by molar-refractivity contribution is 0.736. The molecule has 0 aliphatic heterocycles. The molecule has 1 nitrogen and oxygen atoms in total. The van der Waals surface area contributed by atoms with Crippen molar-refractivity contribution in [2.75, 3.05) is 0 Å². The standard InChI is InChI=1S/C10H8.C9H7N.2C4H10/c1-2-6-10-8-4-3-7-9(10)5-1;1-2-6-9-8(4-1)5-3-7-10-9;2*1-4(2)3/h1-8H;1-7H;2*4H,1-3H3. The normalized spacial score (nSPS) is 9.71. The van der Waals surface area contributed by atoms with E-state index in [0.717, 1.165) is 17.4 Å². The van der Waals surface area contributed by atoms with Gasteiger partial charge in [0.25, 0.3) is 0 Å². The third-order valence-electron chi connectivity index (χ3n) is 3.17. The number of nitrogens with zero attached hydrogens (tertiary/aromatic N) is 1. The highest BCUT2D eigenvalue weighted by molar-refractivity contribution is 5.82. The van der Waals surface area contributed by atoms with Gasteiger partial charge in [0.05, 0.1) is 5.52 Å². The molecular formula is C27H35N. The molecule has 0 spiro atoms. The number of fused-ring (bicyclic) bond motifs is 2. The molecule has 0 fully saturated rings. The second-order valence-corrected chi connectivity index (χ2v) is 8.01. The molecule has 0 bridgehead atoms. The first-order valence-corrected chi connectivity index (χ1v) is 10.1. The van der Waals surface area contributed by atoms with Gasteiger partial charge >= 0.3 is 0 Å². The Morgan fingerprint density at radius 1 is 0.464 bits per heavy atom. The number of aromatic nitrogens is 1. The Morgan fingerprint density at radius 2 is 0.786 bits per heavy atom. The minimum Gasteiger partial charge on any atom is -0.256 e. The van der Waals surface area contributed by atoms with Gasteiger partial charge in [0.2, 0.25) is 0 Å². The van der Waals surface area contributed by atoms with Gasteiger partial charge in [-0.25, -0.2) is 0 Å². The van der Waals surface area contributed by atoms with Crippen molar-refractivity contribution in [3.05, 3.63) is 91.1 Å². The molecule has 1 heterocycles. The number of benzene rings is 3. The fraction of sp³-hybridized carbons (Fsp3) is 0.296. The summed E-state index contributed by atoms with van der Waals surface area (Å²) in [5.41, 5.74) is 1.06. The van der Waals surface area contributed by atoms with Crippen LogP contribution in [0.1, 0.15) is 41.5 Å². The Hall–Kier alpha value is -2.67. The molecule has 4 rings (SSSR count). The number of pyridine rings is 1.